The molecule has 1 aromatic carbocycles. The molecule has 0 amide bonds. The molecule has 2 heterocycles. The molecule has 0 bridgehead atoms. The normalized spacial score (nSPS) is 10.9. The second-order valence-corrected chi connectivity index (χ2v) is 5.22. The van der Waals surface area contributed by atoms with E-state index in [-0.39, 0.29) is 0 Å². The minimum atomic E-state index is 0.477. The quantitative estimate of drug-likeness (QED) is 0.692. The number of pyridine rings is 1. The van der Waals surface area contributed by atoms with Gasteiger partial charge in [0.25, 0.3) is 0 Å². The number of unbranched alkanes of at least 4 members (excludes halogenated alkanes) is 1. The van der Waals surface area contributed by atoms with Crippen LogP contribution in [0.5, 0.6) is 11.6 Å². The topological polar surface area (TPSA) is 70.3 Å². The number of nitrogens with zero attached hydrogens (tertiary/aromatic N) is 3. The number of aromatic nitrogens is 3. The van der Waals surface area contributed by atoms with Gasteiger partial charge in [-0.1, -0.05) is 18.5 Å². The van der Waals surface area contributed by atoms with E-state index in [9.17, 15) is 0 Å². The van der Waals surface area contributed by atoms with Gasteiger partial charge in [0.15, 0.2) is 0 Å². The van der Waals surface area contributed by atoms with Crippen molar-refractivity contribution >= 4 is 10.9 Å². The highest BCUT2D eigenvalue weighted by Crippen LogP contribution is 2.31. The van der Waals surface area contributed by atoms with E-state index in [0.29, 0.717) is 23.2 Å². The first-order valence-electron chi connectivity index (χ1n) is 7.61. The van der Waals surface area contributed by atoms with Crippen molar-refractivity contribution in [2.24, 2.45) is 0 Å². The Bertz CT molecular complexity index is 814. The number of rotatable bonds is 6. The number of ether oxygens (including phenoxy) is 2. The highest BCUT2D eigenvalue weighted by Gasteiger charge is 2.16. The molecule has 0 radical (unpaired) electrons. The molecule has 120 valence electrons. The van der Waals surface area contributed by atoms with E-state index in [1.807, 2.05) is 24.3 Å². The number of hydrogen-bond donors (Lipinski definition) is 0. The van der Waals surface area contributed by atoms with E-state index >= 15 is 0 Å². The van der Waals surface area contributed by atoms with Crippen LogP contribution in [0.1, 0.15) is 25.7 Å². The summed E-state index contributed by atoms with van der Waals surface area (Å²) in [5.74, 6) is 2.37. The summed E-state index contributed by atoms with van der Waals surface area (Å²) in [6, 6.07) is 7.62. The number of aryl methyl sites for hydroxylation is 1. The second-order valence-electron chi connectivity index (χ2n) is 5.22. The van der Waals surface area contributed by atoms with Crippen LogP contribution in [0.4, 0.5) is 0 Å². The smallest absolute Gasteiger partial charge is 0.226 e. The fraction of sp³-hybridized carbons (Fsp3) is 0.353. The Kier molecular flexibility index (Phi) is 4.41. The number of benzene rings is 1. The standard InChI is InChI=1S/C17H19N3O3/c1-4-5-6-15-19-16(20-23-15)13-10-11-9-12(21-2)7-8-14(11)18-17(13)22-3/h7-10H,4-6H2,1-3H3. The first-order chi connectivity index (χ1) is 11.2. The zero-order chi connectivity index (χ0) is 16.2. The van der Waals surface area contributed by atoms with Gasteiger partial charge in [-0.05, 0) is 30.7 Å². The third-order valence-electron chi connectivity index (χ3n) is 3.63. The van der Waals surface area contributed by atoms with Gasteiger partial charge in [0.2, 0.25) is 17.6 Å². The molecule has 0 saturated heterocycles. The van der Waals surface area contributed by atoms with Crippen LogP contribution in [-0.4, -0.2) is 29.3 Å². The number of fused-ring (bicyclic) bond motifs is 1. The van der Waals surface area contributed by atoms with Crippen molar-refractivity contribution in [1.29, 1.82) is 0 Å². The van der Waals surface area contributed by atoms with Crippen molar-refractivity contribution in [3.63, 3.8) is 0 Å². The van der Waals surface area contributed by atoms with E-state index < -0.39 is 0 Å². The Morgan fingerprint density at radius 2 is 1.96 bits per heavy atom. The Morgan fingerprint density at radius 3 is 2.70 bits per heavy atom. The van der Waals surface area contributed by atoms with Crippen molar-refractivity contribution in [3.05, 3.63) is 30.2 Å². The van der Waals surface area contributed by atoms with E-state index in [0.717, 1.165) is 35.9 Å². The fourth-order valence-electron chi connectivity index (χ4n) is 2.37. The average Bonchev–Trinajstić information content (AvgIpc) is 3.06. The van der Waals surface area contributed by atoms with Crippen LogP contribution < -0.4 is 9.47 Å². The van der Waals surface area contributed by atoms with Gasteiger partial charge in [-0.2, -0.15) is 4.98 Å². The maximum atomic E-state index is 5.39. The lowest BCUT2D eigenvalue weighted by Crippen LogP contribution is -1.95. The van der Waals surface area contributed by atoms with Gasteiger partial charge in [0, 0.05) is 11.8 Å². The Labute approximate surface area is 134 Å². The largest absolute Gasteiger partial charge is 0.497 e. The summed E-state index contributed by atoms with van der Waals surface area (Å²) in [5, 5.41) is 4.99. The maximum absolute atomic E-state index is 5.39. The third kappa shape index (κ3) is 3.11. The zero-order valence-corrected chi connectivity index (χ0v) is 13.5. The molecule has 3 rings (SSSR count). The Hall–Kier alpha value is -2.63. The molecule has 3 aromatic rings. The summed E-state index contributed by atoms with van der Waals surface area (Å²) in [6.07, 6.45) is 2.88. The van der Waals surface area contributed by atoms with Crippen LogP contribution in [0.2, 0.25) is 0 Å². The SMILES string of the molecule is CCCCc1nc(-c2cc3cc(OC)ccc3nc2OC)no1. The lowest BCUT2D eigenvalue weighted by molar-refractivity contribution is 0.374. The summed E-state index contributed by atoms with van der Waals surface area (Å²) in [4.78, 5) is 8.96. The monoisotopic (exact) mass is 313 g/mol. The van der Waals surface area contributed by atoms with Gasteiger partial charge in [0.05, 0.1) is 25.3 Å². The summed E-state index contributed by atoms with van der Waals surface area (Å²) in [5.41, 5.74) is 1.53. The molecule has 0 saturated carbocycles. The summed E-state index contributed by atoms with van der Waals surface area (Å²) >= 11 is 0. The predicted octanol–water partition coefficient (Wildman–Crippen LogP) is 3.64. The van der Waals surface area contributed by atoms with E-state index in [4.69, 9.17) is 14.0 Å². The molecule has 23 heavy (non-hydrogen) atoms. The van der Waals surface area contributed by atoms with Gasteiger partial charge < -0.3 is 14.0 Å². The summed E-state index contributed by atoms with van der Waals surface area (Å²) in [7, 11) is 3.22. The second kappa shape index (κ2) is 6.64. The van der Waals surface area contributed by atoms with E-state index in [1.54, 1.807) is 14.2 Å². The highest BCUT2D eigenvalue weighted by molar-refractivity contribution is 5.86. The molecule has 0 fully saturated rings. The minimum Gasteiger partial charge on any atom is -0.497 e. The van der Waals surface area contributed by atoms with Gasteiger partial charge in [-0.15, -0.1) is 0 Å². The Balaban J connectivity index is 2.05. The average molecular weight is 313 g/mol. The van der Waals surface area contributed by atoms with Crippen molar-refractivity contribution in [1.82, 2.24) is 15.1 Å². The van der Waals surface area contributed by atoms with Crippen molar-refractivity contribution < 1.29 is 14.0 Å². The summed E-state index contributed by atoms with van der Waals surface area (Å²) in [6.45, 7) is 2.13. The maximum Gasteiger partial charge on any atom is 0.226 e. The van der Waals surface area contributed by atoms with Crippen LogP contribution in [0.15, 0.2) is 28.8 Å². The van der Waals surface area contributed by atoms with Gasteiger partial charge in [-0.3, -0.25) is 0 Å². The first-order valence-corrected chi connectivity index (χ1v) is 7.61. The lowest BCUT2D eigenvalue weighted by atomic mass is 10.1. The zero-order valence-electron chi connectivity index (χ0n) is 13.5. The molecule has 0 aliphatic carbocycles. The molecular weight excluding hydrogens is 294 g/mol. The molecule has 2 aromatic heterocycles. The highest BCUT2D eigenvalue weighted by atomic mass is 16.5. The molecule has 0 atom stereocenters. The van der Waals surface area contributed by atoms with E-state index in [2.05, 4.69) is 22.0 Å². The van der Waals surface area contributed by atoms with Crippen LogP contribution >= 0.6 is 0 Å². The summed E-state index contributed by atoms with van der Waals surface area (Å²) < 4.78 is 16.0. The number of methoxy groups -OCH3 is 2. The van der Waals surface area contributed by atoms with Crippen LogP contribution in [-0.2, 0) is 6.42 Å². The van der Waals surface area contributed by atoms with Crippen LogP contribution in [0.25, 0.3) is 22.3 Å². The third-order valence-corrected chi connectivity index (χ3v) is 3.63. The van der Waals surface area contributed by atoms with E-state index in [1.165, 1.54) is 0 Å². The van der Waals surface area contributed by atoms with Crippen molar-refractivity contribution in [2.75, 3.05) is 14.2 Å². The molecule has 0 aliphatic heterocycles. The molecular formula is C17H19N3O3. The molecule has 0 spiro atoms. The van der Waals surface area contributed by atoms with Crippen LogP contribution in [0, 0.1) is 0 Å². The predicted molar refractivity (Wildman–Crippen MR) is 86.8 cm³/mol. The van der Waals surface area contributed by atoms with Crippen LogP contribution in [0.3, 0.4) is 0 Å². The fourth-order valence-corrected chi connectivity index (χ4v) is 2.37. The molecule has 6 nitrogen and oxygen atoms in total. The van der Waals surface area contributed by atoms with Gasteiger partial charge >= 0.3 is 0 Å². The first kappa shape index (κ1) is 15.3. The number of hydrogen-bond acceptors (Lipinski definition) is 6. The van der Waals surface area contributed by atoms with Gasteiger partial charge in [-0.25, -0.2) is 4.98 Å². The lowest BCUT2D eigenvalue weighted by Gasteiger charge is -2.07. The minimum absolute atomic E-state index is 0.477. The molecule has 0 unspecified atom stereocenters. The van der Waals surface area contributed by atoms with Crippen molar-refractivity contribution in [2.45, 2.75) is 26.2 Å². The van der Waals surface area contributed by atoms with Gasteiger partial charge in [0.1, 0.15) is 5.75 Å². The van der Waals surface area contributed by atoms with Crippen molar-refractivity contribution in [3.8, 4) is 23.0 Å². The molecule has 6 heteroatoms. The molecule has 0 aliphatic rings. The molecule has 0 N–H and O–H groups in total. The Morgan fingerprint density at radius 1 is 1.09 bits per heavy atom.